The summed E-state index contributed by atoms with van der Waals surface area (Å²) >= 11 is -2.52. The van der Waals surface area contributed by atoms with Crippen molar-refractivity contribution in [3.05, 3.63) is 90.5 Å². The second-order valence-electron chi connectivity index (χ2n) is 6.25. The molecule has 0 saturated carbocycles. The highest BCUT2D eigenvalue weighted by Gasteiger charge is 2.42. The number of rotatable bonds is 9. The summed E-state index contributed by atoms with van der Waals surface area (Å²) in [4.78, 5) is 3.93. The second-order valence-corrected chi connectivity index (χ2v) is 8.94. The van der Waals surface area contributed by atoms with E-state index in [1.807, 2.05) is 0 Å². The van der Waals surface area contributed by atoms with Gasteiger partial charge in [-0.05, 0) is 42.0 Å². The van der Waals surface area contributed by atoms with Crippen molar-refractivity contribution in [3.8, 4) is 11.5 Å². The molecule has 0 fully saturated rings. The Labute approximate surface area is 182 Å². The Hall–Kier alpha value is -3.17. The molecule has 0 aliphatic carbocycles. The van der Waals surface area contributed by atoms with Gasteiger partial charge in [-0.1, -0.05) is 48.5 Å². The van der Waals surface area contributed by atoms with Crippen molar-refractivity contribution >= 4 is 30.5 Å². The summed E-state index contributed by atoms with van der Waals surface area (Å²) in [5.41, 5.74) is 11.6. The van der Waals surface area contributed by atoms with Crippen LogP contribution in [0.5, 0.6) is 11.5 Å². The molecule has 3 aromatic rings. The molecule has 3 aromatic carbocycles. The van der Waals surface area contributed by atoms with E-state index in [4.69, 9.17) is 20.5 Å². The van der Waals surface area contributed by atoms with Gasteiger partial charge in [-0.3, -0.25) is 4.55 Å². The standard InChI is InChI=1S/C20H21N4O5PS/c21-20(22)23-16-13-11-15(12-14-16)19(24-31(26)27)30(25,28-17-7-3-1-4-8-17)29-18-9-5-2-6-10-18/h1-14,19,24H,(H,26,27)(H4,21,22,23). The number of nitrogens with one attached hydrogen (secondary N) is 1. The van der Waals surface area contributed by atoms with Gasteiger partial charge in [-0.15, -0.1) is 0 Å². The van der Waals surface area contributed by atoms with Crippen molar-refractivity contribution in [2.75, 3.05) is 0 Å². The third-order valence-electron chi connectivity index (χ3n) is 3.95. The molecule has 162 valence electrons. The maximum Gasteiger partial charge on any atom is 0.453 e. The highest BCUT2D eigenvalue weighted by atomic mass is 32.2. The van der Waals surface area contributed by atoms with E-state index in [2.05, 4.69) is 9.71 Å². The molecule has 6 N–H and O–H groups in total. The molecule has 0 bridgehead atoms. The highest BCUT2D eigenvalue weighted by molar-refractivity contribution is 7.77. The Morgan fingerprint density at radius 2 is 1.39 bits per heavy atom. The first kappa shape index (κ1) is 22.5. The van der Waals surface area contributed by atoms with E-state index < -0.39 is 24.6 Å². The Balaban J connectivity index is 2.05. The van der Waals surface area contributed by atoms with Crippen LogP contribution in [-0.2, 0) is 15.8 Å². The molecule has 0 heterocycles. The molecule has 0 aromatic heterocycles. The predicted molar refractivity (Wildman–Crippen MR) is 120 cm³/mol. The predicted octanol–water partition coefficient (Wildman–Crippen LogP) is 3.67. The van der Waals surface area contributed by atoms with Gasteiger partial charge in [-0.25, -0.2) is 13.8 Å². The van der Waals surface area contributed by atoms with E-state index in [1.165, 1.54) is 0 Å². The lowest BCUT2D eigenvalue weighted by atomic mass is 10.2. The second kappa shape index (κ2) is 10.2. The maximum atomic E-state index is 14.0. The quantitative estimate of drug-likeness (QED) is 0.165. The number of aliphatic imine (C=N–C) groups is 1. The SMILES string of the molecule is NC(N)=Nc1ccc(C(NS(=O)O)P(=O)(Oc2ccccc2)Oc2ccccc2)cc1. The fourth-order valence-corrected chi connectivity index (χ4v) is 5.40. The van der Waals surface area contributed by atoms with Crippen LogP contribution in [0.25, 0.3) is 0 Å². The van der Waals surface area contributed by atoms with Crippen LogP contribution in [-0.4, -0.2) is 14.7 Å². The average molecular weight is 460 g/mol. The van der Waals surface area contributed by atoms with Gasteiger partial charge in [0.2, 0.25) is 11.3 Å². The van der Waals surface area contributed by atoms with Gasteiger partial charge < -0.3 is 20.5 Å². The molecular weight excluding hydrogens is 439 g/mol. The van der Waals surface area contributed by atoms with E-state index in [0.29, 0.717) is 11.3 Å². The van der Waals surface area contributed by atoms with Gasteiger partial charge in [0.1, 0.15) is 11.5 Å². The molecule has 0 amide bonds. The first-order chi connectivity index (χ1) is 14.9. The monoisotopic (exact) mass is 460 g/mol. The van der Waals surface area contributed by atoms with E-state index >= 15 is 0 Å². The van der Waals surface area contributed by atoms with E-state index in [-0.39, 0.29) is 17.5 Å². The Kier molecular flexibility index (Phi) is 7.43. The Morgan fingerprint density at radius 1 is 0.903 bits per heavy atom. The van der Waals surface area contributed by atoms with Crippen LogP contribution in [0.15, 0.2) is 89.9 Å². The first-order valence-corrected chi connectivity index (χ1v) is 11.7. The fourth-order valence-electron chi connectivity index (χ4n) is 2.67. The molecular formula is C20H21N4O5PS. The third-order valence-corrected chi connectivity index (χ3v) is 6.55. The molecule has 31 heavy (non-hydrogen) atoms. The van der Waals surface area contributed by atoms with Crippen LogP contribution < -0.4 is 25.2 Å². The van der Waals surface area contributed by atoms with Gasteiger partial charge in [0.25, 0.3) is 0 Å². The molecule has 0 radical (unpaired) electrons. The summed E-state index contributed by atoms with van der Waals surface area (Å²) in [7, 11) is -4.14. The molecule has 3 rings (SSSR count). The lowest BCUT2D eigenvalue weighted by molar-refractivity contribution is 0.368. The fraction of sp³-hybridized carbons (Fsp3) is 0.0500. The number of guanidine groups is 1. The van der Waals surface area contributed by atoms with Crippen molar-refractivity contribution in [3.63, 3.8) is 0 Å². The van der Waals surface area contributed by atoms with Crippen LogP contribution >= 0.6 is 7.60 Å². The maximum absolute atomic E-state index is 14.0. The largest absolute Gasteiger partial charge is 0.453 e. The van der Waals surface area contributed by atoms with Gasteiger partial charge in [0.05, 0.1) is 5.69 Å². The summed E-state index contributed by atoms with van der Waals surface area (Å²) in [6, 6.07) is 23.1. The first-order valence-electron chi connectivity index (χ1n) is 9.01. The Bertz CT molecular complexity index is 1050. The minimum absolute atomic E-state index is 0.121. The smallest absolute Gasteiger partial charge is 0.415 e. The van der Waals surface area contributed by atoms with Crippen molar-refractivity contribution in [2.24, 2.45) is 16.5 Å². The van der Waals surface area contributed by atoms with Crippen LogP contribution in [0.4, 0.5) is 5.69 Å². The molecule has 0 aliphatic heterocycles. The zero-order chi connectivity index (χ0) is 22.3. The highest BCUT2D eigenvalue weighted by Crippen LogP contribution is 2.59. The van der Waals surface area contributed by atoms with Crippen LogP contribution in [0, 0.1) is 0 Å². The number of hydrogen-bond acceptors (Lipinski definition) is 5. The molecule has 2 unspecified atom stereocenters. The van der Waals surface area contributed by atoms with E-state index in [9.17, 15) is 13.3 Å². The third kappa shape index (κ3) is 6.40. The Morgan fingerprint density at radius 3 is 1.81 bits per heavy atom. The lowest BCUT2D eigenvalue weighted by Gasteiger charge is -2.27. The van der Waals surface area contributed by atoms with E-state index in [1.54, 1.807) is 84.9 Å². The minimum Gasteiger partial charge on any atom is -0.415 e. The van der Waals surface area contributed by atoms with Gasteiger partial charge >= 0.3 is 7.60 Å². The molecule has 0 saturated heterocycles. The van der Waals surface area contributed by atoms with Crippen molar-refractivity contribution in [1.82, 2.24) is 4.72 Å². The van der Waals surface area contributed by atoms with Crippen LogP contribution in [0.3, 0.4) is 0 Å². The summed E-state index contributed by atoms with van der Waals surface area (Å²) in [6.07, 6.45) is 0. The number of nitrogens with two attached hydrogens (primary N) is 2. The van der Waals surface area contributed by atoms with Gasteiger partial charge in [-0.2, -0.15) is 4.72 Å². The molecule has 11 heteroatoms. The topological polar surface area (TPSA) is 149 Å². The number of para-hydroxylation sites is 2. The number of nitrogens with zero attached hydrogens (tertiary/aromatic N) is 1. The van der Waals surface area contributed by atoms with E-state index in [0.717, 1.165) is 0 Å². The van der Waals surface area contributed by atoms with Crippen molar-refractivity contribution in [1.29, 1.82) is 0 Å². The normalized spacial score (nSPS) is 13.1. The molecule has 0 spiro atoms. The number of hydrogen-bond donors (Lipinski definition) is 4. The summed E-state index contributed by atoms with van der Waals surface area (Å²) in [5, 5.41) is 0. The van der Waals surface area contributed by atoms with Crippen molar-refractivity contribution < 1.29 is 22.4 Å². The summed E-state index contributed by atoms with van der Waals surface area (Å²) in [6.45, 7) is 0. The van der Waals surface area contributed by atoms with Crippen LogP contribution in [0.2, 0.25) is 0 Å². The molecule has 9 nitrogen and oxygen atoms in total. The van der Waals surface area contributed by atoms with Crippen LogP contribution in [0.1, 0.15) is 11.3 Å². The minimum atomic E-state index is -4.14. The van der Waals surface area contributed by atoms with Gasteiger partial charge in [0, 0.05) is 0 Å². The number of benzene rings is 3. The summed E-state index contributed by atoms with van der Waals surface area (Å²) < 4.78 is 49.1. The zero-order valence-corrected chi connectivity index (χ0v) is 17.9. The summed E-state index contributed by atoms with van der Waals surface area (Å²) in [5.74, 6) is -0.861. The lowest BCUT2D eigenvalue weighted by Crippen LogP contribution is -2.27. The average Bonchev–Trinajstić information content (AvgIpc) is 2.73. The zero-order valence-electron chi connectivity index (χ0n) is 16.2. The molecule has 0 aliphatic rings. The van der Waals surface area contributed by atoms with Gasteiger partial charge in [0.15, 0.2) is 11.7 Å². The molecule has 2 atom stereocenters. The van der Waals surface area contributed by atoms with Crippen molar-refractivity contribution in [2.45, 2.75) is 5.78 Å².